The number of nitrogens with zero attached hydrogens (tertiary/aromatic N) is 4. The van der Waals surface area contributed by atoms with Crippen LogP contribution in [0.3, 0.4) is 0 Å². The number of rotatable bonds is 11. The molecule has 0 bridgehead atoms. The van der Waals surface area contributed by atoms with Gasteiger partial charge in [-0.15, -0.1) is 0 Å². The van der Waals surface area contributed by atoms with Crippen molar-refractivity contribution in [3.63, 3.8) is 0 Å². The van der Waals surface area contributed by atoms with Crippen molar-refractivity contribution < 1.29 is 18.0 Å². The lowest BCUT2D eigenvalue weighted by Crippen LogP contribution is -2.55. The van der Waals surface area contributed by atoms with E-state index in [0.717, 1.165) is 16.1 Å². The Hall–Kier alpha value is -4.05. The van der Waals surface area contributed by atoms with Gasteiger partial charge >= 0.3 is 6.18 Å². The van der Waals surface area contributed by atoms with Gasteiger partial charge < -0.3 is 20.5 Å². The van der Waals surface area contributed by atoms with Gasteiger partial charge in [0.15, 0.2) is 5.11 Å². The number of nitrogens with two attached hydrogens (primary N) is 1. The van der Waals surface area contributed by atoms with E-state index in [1.54, 1.807) is 48.9 Å². The second-order valence-corrected chi connectivity index (χ2v) is 12.2. The number of anilines is 1. The van der Waals surface area contributed by atoms with E-state index in [4.69, 9.17) is 23.2 Å². The summed E-state index contributed by atoms with van der Waals surface area (Å²) in [5.74, 6) is -1.25. The Morgan fingerprint density at radius 2 is 1.78 bits per heavy atom. The number of nitrogens with one attached hydrogen (secondary N) is 1. The van der Waals surface area contributed by atoms with Gasteiger partial charge in [-0.25, -0.2) is 4.98 Å². The lowest BCUT2D eigenvalue weighted by Gasteiger charge is -2.38. The predicted octanol–water partition coefficient (Wildman–Crippen LogP) is 7.15. The number of hydrogen-bond acceptors (Lipinski definition) is 5. The molecule has 4 rings (SSSR count). The van der Waals surface area contributed by atoms with Crippen molar-refractivity contribution in [1.29, 1.82) is 5.26 Å². The molecule has 0 spiro atoms. The molecule has 0 saturated heterocycles. The van der Waals surface area contributed by atoms with Gasteiger partial charge in [-0.05, 0) is 71.7 Å². The van der Waals surface area contributed by atoms with Gasteiger partial charge in [0.05, 0.1) is 35.6 Å². The molecule has 234 valence electrons. The summed E-state index contributed by atoms with van der Waals surface area (Å²) in [6, 6.07) is 21.6. The maximum Gasteiger partial charge on any atom is 0.416 e. The Labute approximate surface area is 274 Å². The molecule has 7 nitrogen and oxygen atoms in total. The van der Waals surface area contributed by atoms with Crippen LogP contribution in [0.15, 0.2) is 89.8 Å². The molecule has 2 atom stereocenters. The highest BCUT2D eigenvalue weighted by Crippen LogP contribution is 2.33. The largest absolute Gasteiger partial charge is 0.416 e. The molecular weight excluding hydrogens is 665 g/mol. The Kier molecular flexibility index (Phi) is 11.1. The van der Waals surface area contributed by atoms with Gasteiger partial charge in [-0.1, -0.05) is 60.1 Å². The second kappa shape index (κ2) is 14.8. The Morgan fingerprint density at radius 3 is 2.40 bits per heavy atom. The number of nitriles is 1. The number of ketones is 1. The summed E-state index contributed by atoms with van der Waals surface area (Å²) in [7, 11) is 0. The van der Waals surface area contributed by atoms with Gasteiger partial charge in [0.2, 0.25) is 0 Å². The number of halogens is 4. The average molecular weight is 698 g/mol. The lowest BCUT2D eigenvalue weighted by atomic mass is 9.86. The Morgan fingerprint density at radius 1 is 1.11 bits per heavy atom. The van der Waals surface area contributed by atoms with E-state index in [1.165, 1.54) is 23.1 Å². The third kappa shape index (κ3) is 8.78. The summed E-state index contributed by atoms with van der Waals surface area (Å²) >= 11 is 9.10. The van der Waals surface area contributed by atoms with Crippen LogP contribution < -0.4 is 11.1 Å². The molecule has 0 aliphatic carbocycles. The van der Waals surface area contributed by atoms with Crippen LogP contribution in [0.4, 0.5) is 18.9 Å². The fraction of sp³-hybridized carbons (Fsp3) is 0.273. The van der Waals surface area contributed by atoms with Crippen molar-refractivity contribution in [1.82, 2.24) is 14.5 Å². The summed E-state index contributed by atoms with van der Waals surface area (Å²) < 4.78 is 44.6. The molecule has 1 unspecified atom stereocenters. The molecule has 0 fully saturated rings. The minimum absolute atomic E-state index is 0.00665. The first-order chi connectivity index (χ1) is 21.4. The van der Waals surface area contributed by atoms with Crippen molar-refractivity contribution in [3.05, 3.63) is 118 Å². The minimum atomic E-state index is -4.59. The van der Waals surface area contributed by atoms with Crippen LogP contribution in [0.5, 0.6) is 0 Å². The summed E-state index contributed by atoms with van der Waals surface area (Å²) in [5.41, 5.74) is 8.74. The standard InChI is InChI=1S/C33H32BrF3N6OS/c1-21(2)30(29(44)15-27-17-40-20-42(27)18-23-9-7-22(16-38)8-10-23)31(39)43(32(45)41-26-13-11-25(34)12-14-26)19-24-5-3-4-6-28(24)33(35,36)37/h3-14,17,20-21,30-31H,15,18-19,39H2,1-2H3,(H,41,45)/t30-,31?/m1/s1. The number of carbonyl (C=O) groups excluding carboxylic acids is 1. The normalized spacial score (nSPS) is 12.8. The summed E-state index contributed by atoms with van der Waals surface area (Å²) in [4.78, 5) is 19.6. The molecule has 0 amide bonds. The van der Waals surface area contributed by atoms with E-state index < -0.39 is 23.8 Å². The van der Waals surface area contributed by atoms with Crippen LogP contribution in [0.25, 0.3) is 0 Å². The van der Waals surface area contributed by atoms with E-state index in [1.807, 2.05) is 30.5 Å². The molecule has 4 aromatic rings. The first kappa shape index (κ1) is 33.8. The Balaban J connectivity index is 1.62. The van der Waals surface area contributed by atoms with E-state index in [9.17, 15) is 18.0 Å². The summed E-state index contributed by atoms with van der Waals surface area (Å²) in [6.45, 7) is 3.87. The number of hydrogen-bond donors (Lipinski definition) is 2. The minimum Gasteiger partial charge on any atom is -0.333 e. The summed E-state index contributed by atoms with van der Waals surface area (Å²) in [5, 5.41) is 12.2. The molecule has 12 heteroatoms. The Bertz CT molecular complexity index is 1670. The maximum absolute atomic E-state index is 14.0. The van der Waals surface area contributed by atoms with E-state index in [0.29, 0.717) is 23.5 Å². The zero-order chi connectivity index (χ0) is 32.7. The molecule has 0 aliphatic rings. The number of alkyl halides is 3. The van der Waals surface area contributed by atoms with Crippen LogP contribution in [-0.2, 0) is 30.5 Å². The van der Waals surface area contributed by atoms with Gasteiger partial charge in [-0.3, -0.25) is 4.79 Å². The van der Waals surface area contributed by atoms with Crippen LogP contribution in [-0.4, -0.2) is 31.5 Å². The highest BCUT2D eigenvalue weighted by Gasteiger charge is 2.37. The molecule has 0 radical (unpaired) electrons. The molecule has 0 saturated carbocycles. The quantitative estimate of drug-likeness (QED) is 0.127. The van der Waals surface area contributed by atoms with Crippen LogP contribution in [0.1, 0.15) is 41.8 Å². The van der Waals surface area contributed by atoms with Crippen LogP contribution >= 0.6 is 28.1 Å². The average Bonchev–Trinajstić information content (AvgIpc) is 3.42. The smallest absolute Gasteiger partial charge is 0.333 e. The topological polar surface area (TPSA) is 100.0 Å². The first-order valence-corrected chi connectivity index (χ1v) is 15.3. The van der Waals surface area contributed by atoms with Crippen molar-refractivity contribution in [2.45, 2.75) is 45.7 Å². The molecule has 1 aromatic heterocycles. The second-order valence-electron chi connectivity index (χ2n) is 10.9. The van der Waals surface area contributed by atoms with Crippen molar-refractivity contribution in [2.24, 2.45) is 17.6 Å². The SMILES string of the molecule is CC(C)[C@H](C(=O)Cc1cncn1Cc1ccc(C#N)cc1)C(N)N(Cc1ccccc1C(F)(F)F)C(=S)Nc1ccc(Br)cc1. The van der Waals surface area contributed by atoms with E-state index >= 15 is 0 Å². The number of imidazole rings is 1. The number of Topliss-reactive ketones (excluding diaryl/α,β-unsaturated/α-hetero) is 1. The maximum atomic E-state index is 14.0. The molecular formula is C33H32BrF3N6OS. The van der Waals surface area contributed by atoms with Gasteiger partial charge in [0.25, 0.3) is 0 Å². The highest BCUT2D eigenvalue weighted by atomic mass is 79.9. The summed E-state index contributed by atoms with van der Waals surface area (Å²) in [6.07, 6.45) is -2.39. The molecule has 1 heterocycles. The fourth-order valence-electron chi connectivity index (χ4n) is 5.13. The third-order valence-electron chi connectivity index (χ3n) is 7.43. The molecule has 3 N–H and O–H groups in total. The lowest BCUT2D eigenvalue weighted by molar-refractivity contribution is -0.138. The van der Waals surface area contributed by atoms with Crippen molar-refractivity contribution >= 4 is 44.7 Å². The predicted molar refractivity (Wildman–Crippen MR) is 175 cm³/mol. The van der Waals surface area contributed by atoms with Gasteiger partial charge in [0, 0.05) is 41.6 Å². The number of carbonyl (C=O) groups is 1. The number of benzene rings is 3. The third-order valence-corrected chi connectivity index (χ3v) is 8.29. The first-order valence-electron chi connectivity index (χ1n) is 14.1. The molecule has 0 aliphatic heterocycles. The van der Waals surface area contributed by atoms with E-state index in [-0.39, 0.29) is 35.3 Å². The molecule has 3 aromatic carbocycles. The van der Waals surface area contributed by atoms with Crippen molar-refractivity contribution in [2.75, 3.05) is 5.32 Å². The van der Waals surface area contributed by atoms with Gasteiger partial charge in [-0.2, -0.15) is 18.4 Å². The number of aromatic nitrogens is 2. The fourth-order valence-corrected chi connectivity index (χ4v) is 5.69. The van der Waals surface area contributed by atoms with E-state index in [2.05, 4.69) is 32.3 Å². The van der Waals surface area contributed by atoms with Crippen molar-refractivity contribution in [3.8, 4) is 6.07 Å². The monoisotopic (exact) mass is 696 g/mol. The zero-order valence-corrected chi connectivity index (χ0v) is 27.0. The zero-order valence-electron chi connectivity index (χ0n) is 24.6. The van der Waals surface area contributed by atoms with Gasteiger partial charge in [0.1, 0.15) is 5.78 Å². The van der Waals surface area contributed by atoms with Crippen LogP contribution in [0.2, 0.25) is 0 Å². The van der Waals surface area contributed by atoms with Crippen LogP contribution in [0, 0.1) is 23.2 Å². The highest BCUT2D eigenvalue weighted by molar-refractivity contribution is 9.10. The molecule has 45 heavy (non-hydrogen) atoms. The number of thiocarbonyl (C=S) groups is 1.